The average molecular weight is 567 g/mol. The summed E-state index contributed by atoms with van der Waals surface area (Å²) in [6.45, 7) is 20.9. The van der Waals surface area contributed by atoms with Crippen LogP contribution in [0.2, 0.25) is 0 Å². The van der Waals surface area contributed by atoms with Gasteiger partial charge in [0.05, 0.1) is 17.0 Å². The van der Waals surface area contributed by atoms with Crippen LogP contribution in [0.1, 0.15) is 79.0 Å². The predicted molar refractivity (Wildman–Crippen MR) is 182 cm³/mol. The average Bonchev–Trinajstić information content (AvgIpc) is 3.37. The van der Waals surface area contributed by atoms with Crippen molar-refractivity contribution in [2.75, 3.05) is 0 Å². The Morgan fingerprint density at radius 2 is 1.12 bits per heavy atom. The lowest BCUT2D eigenvalue weighted by molar-refractivity contribution is 0.536. The molecule has 0 atom stereocenters. The molecule has 0 saturated carbocycles. The Balaban J connectivity index is 1.77. The zero-order valence-electron chi connectivity index (χ0n) is 27.1. The monoisotopic (exact) mass is 566 g/mol. The van der Waals surface area contributed by atoms with Gasteiger partial charge in [-0.15, -0.1) is 0 Å². The molecule has 0 bridgehead atoms. The molecule has 0 saturated heterocycles. The van der Waals surface area contributed by atoms with Gasteiger partial charge in [0, 0.05) is 5.56 Å². The molecule has 0 aliphatic carbocycles. The summed E-state index contributed by atoms with van der Waals surface area (Å²) in [4.78, 5) is 5.44. The third-order valence-electron chi connectivity index (χ3n) is 8.52. The van der Waals surface area contributed by atoms with Gasteiger partial charge in [0.15, 0.2) is 0 Å². The summed E-state index contributed by atoms with van der Waals surface area (Å²) in [5.41, 5.74) is 10.2. The maximum Gasteiger partial charge on any atom is 0.526 e. The number of para-hydroxylation sites is 1. The van der Waals surface area contributed by atoms with Crippen molar-refractivity contribution in [1.29, 1.82) is 0 Å². The highest BCUT2D eigenvalue weighted by molar-refractivity contribution is 6.69. The Kier molecular flexibility index (Phi) is 6.95. The van der Waals surface area contributed by atoms with Crippen LogP contribution in [0.5, 0.6) is 5.75 Å². The molecule has 1 aliphatic heterocycles. The van der Waals surface area contributed by atoms with Crippen molar-refractivity contribution < 1.29 is 4.65 Å². The van der Waals surface area contributed by atoms with E-state index in [-0.39, 0.29) is 16.2 Å². The lowest BCUT2D eigenvalue weighted by Gasteiger charge is -2.37. The van der Waals surface area contributed by atoms with Crippen LogP contribution in [0, 0.1) is 0 Å². The number of aromatic nitrogens is 2. The van der Waals surface area contributed by atoms with Crippen LogP contribution in [0.15, 0.2) is 97.1 Å². The third kappa shape index (κ3) is 5.22. The highest BCUT2D eigenvalue weighted by Crippen LogP contribution is 2.43. The van der Waals surface area contributed by atoms with Gasteiger partial charge >= 0.3 is 7.05 Å². The van der Waals surface area contributed by atoms with E-state index in [0.717, 1.165) is 39.7 Å². The molecule has 1 aromatic heterocycles. The minimum absolute atomic E-state index is 0.00833. The SMILES string of the molecule is CC(C)(C)c1cc(C(C)(C)C)c(B2Oc3ccccc3-c3nc(-c4ccccc4)c(-c4ccccc4)n32)c(C(C)(C)C)c1. The number of hydrogen-bond acceptors (Lipinski definition) is 2. The van der Waals surface area contributed by atoms with Crippen LogP contribution in [0.3, 0.4) is 0 Å². The van der Waals surface area contributed by atoms with Gasteiger partial charge in [0.25, 0.3) is 0 Å². The molecule has 0 N–H and O–H groups in total. The van der Waals surface area contributed by atoms with Crippen molar-refractivity contribution in [3.05, 3.63) is 114 Å². The standard InChI is InChI=1S/C39H43BN2O/c1-37(2,3)28-24-30(38(4,5)6)33(31(25-28)39(7,8)9)40-42-35(27-20-14-11-15-21-27)34(26-18-12-10-13-19-26)41-36(42)29-22-16-17-23-32(29)43-40/h10-25H,1-9H3. The molecule has 0 spiro atoms. The Morgan fingerprint density at radius 1 is 0.605 bits per heavy atom. The smallest absolute Gasteiger partial charge is 0.526 e. The van der Waals surface area contributed by atoms with E-state index in [1.165, 1.54) is 22.2 Å². The Bertz CT molecular complexity index is 1750. The van der Waals surface area contributed by atoms with Crippen LogP contribution >= 0.6 is 0 Å². The first-order chi connectivity index (χ1) is 20.2. The fourth-order valence-corrected chi connectivity index (χ4v) is 6.23. The molecule has 218 valence electrons. The lowest BCUT2D eigenvalue weighted by Crippen LogP contribution is -2.53. The summed E-state index contributed by atoms with van der Waals surface area (Å²) in [6.07, 6.45) is 0. The second-order valence-electron chi connectivity index (χ2n) is 14.9. The molecule has 0 radical (unpaired) electrons. The number of imidazole rings is 1. The van der Waals surface area contributed by atoms with E-state index >= 15 is 0 Å². The van der Waals surface area contributed by atoms with Gasteiger partial charge in [0.1, 0.15) is 11.6 Å². The number of nitrogens with zero attached hydrogens (tertiary/aromatic N) is 2. The summed E-state index contributed by atoms with van der Waals surface area (Å²) in [5, 5.41) is 0. The first-order valence-electron chi connectivity index (χ1n) is 15.4. The van der Waals surface area contributed by atoms with Crippen LogP contribution in [0.4, 0.5) is 0 Å². The highest BCUT2D eigenvalue weighted by atomic mass is 16.4. The van der Waals surface area contributed by atoms with Gasteiger partial charge < -0.3 is 9.13 Å². The second-order valence-corrected chi connectivity index (χ2v) is 14.9. The van der Waals surface area contributed by atoms with Crippen LogP contribution in [-0.2, 0) is 16.2 Å². The quantitative estimate of drug-likeness (QED) is 0.204. The molecule has 2 heterocycles. The number of benzene rings is 4. The van der Waals surface area contributed by atoms with Gasteiger partial charge in [-0.2, -0.15) is 0 Å². The molecule has 4 aromatic carbocycles. The van der Waals surface area contributed by atoms with Crippen molar-refractivity contribution in [2.45, 2.75) is 78.6 Å². The third-order valence-corrected chi connectivity index (χ3v) is 8.52. The summed E-state index contributed by atoms with van der Waals surface area (Å²) in [6, 6.07) is 34.4. The number of rotatable bonds is 3. The van der Waals surface area contributed by atoms with Gasteiger partial charge in [-0.1, -0.05) is 147 Å². The Morgan fingerprint density at radius 3 is 1.65 bits per heavy atom. The number of hydrogen-bond donors (Lipinski definition) is 0. The second kappa shape index (κ2) is 10.3. The molecule has 4 heteroatoms. The Labute approximate surface area is 258 Å². The normalized spacial score (nSPS) is 13.4. The molecule has 0 unspecified atom stereocenters. The molecular weight excluding hydrogens is 523 g/mol. The minimum Gasteiger partial charge on any atom is -0.537 e. The molecule has 3 nitrogen and oxygen atoms in total. The summed E-state index contributed by atoms with van der Waals surface area (Å²) in [5.74, 6) is 1.80. The molecule has 6 rings (SSSR count). The zero-order chi connectivity index (χ0) is 30.7. The maximum atomic E-state index is 7.18. The van der Waals surface area contributed by atoms with Gasteiger partial charge in [0.2, 0.25) is 0 Å². The topological polar surface area (TPSA) is 27.1 Å². The molecule has 0 amide bonds. The summed E-state index contributed by atoms with van der Waals surface area (Å²) in [7, 11) is -0.400. The molecule has 1 aliphatic rings. The highest BCUT2D eigenvalue weighted by Gasteiger charge is 2.43. The van der Waals surface area contributed by atoms with E-state index < -0.39 is 7.05 Å². The van der Waals surface area contributed by atoms with Crippen molar-refractivity contribution in [1.82, 2.24) is 9.46 Å². The van der Waals surface area contributed by atoms with Gasteiger partial charge in [-0.25, -0.2) is 4.98 Å². The van der Waals surface area contributed by atoms with Crippen molar-refractivity contribution in [2.24, 2.45) is 0 Å². The maximum absolute atomic E-state index is 7.18. The van der Waals surface area contributed by atoms with Crippen molar-refractivity contribution in [3.63, 3.8) is 0 Å². The van der Waals surface area contributed by atoms with E-state index in [1.807, 2.05) is 0 Å². The fraction of sp³-hybridized carbons (Fsp3) is 0.308. The summed E-state index contributed by atoms with van der Waals surface area (Å²) >= 11 is 0. The predicted octanol–water partition coefficient (Wildman–Crippen LogP) is 9.41. The first kappa shape index (κ1) is 29.0. The minimum atomic E-state index is -0.400. The first-order valence-corrected chi connectivity index (χ1v) is 15.4. The van der Waals surface area contributed by atoms with E-state index in [9.17, 15) is 0 Å². The largest absolute Gasteiger partial charge is 0.537 e. The van der Waals surface area contributed by atoms with Gasteiger partial charge in [-0.3, -0.25) is 0 Å². The van der Waals surface area contributed by atoms with E-state index in [1.54, 1.807) is 0 Å². The summed E-state index contributed by atoms with van der Waals surface area (Å²) < 4.78 is 9.55. The lowest BCUT2D eigenvalue weighted by atomic mass is 9.58. The van der Waals surface area contributed by atoms with Crippen molar-refractivity contribution >= 4 is 12.5 Å². The molecule has 43 heavy (non-hydrogen) atoms. The fourth-order valence-electron chi connectivity index (χ4n) is 6.23. The van der Waals surface area contributed by atoms with Crippen LogP contribution < -0.4 is 10.1 Å². The molecular formula is C39H43BN2O. The van der Waals surface area contributed by atoms with E-state index in [4.69, 9.17) is 9.64 Å². The Hall–Kier alpha value is -4.05. The molecule has 0 fully saturated rings. The van der Waals surface area contributed by atoms with Gasteiger partial charge in [-0.05, 0) is 56.1 Å². The molecule has 5 aromatic rings. The zero-order valence-corrected chi connectivity index (χ0v) is 27.1. The van der Waals surface area contributed by atoms with Crippen LogP contribution in [0.25, 0.3) is 33.9 Å². The number of fused-ring (bicyclic) bond motifs is 3. The van der Waals surface area contributed by atoms with E-state index in [2.05, 4.69) is 164 Å². The van der Waals surface area contributed by atoms with Crippen molar-refractivity contribution in [3.8, 4) is 39.7 Å². The van der Waals surface area contributed by atoms with E-state index in [0.29, 0.717) is 0 Å². The van der Waals surface area contributed by atoms with Crippen LogP contribution in [-0.4, -0.2) is 16.5 Å².